The van der Waals surface area contributed by atoms with Crippen molar-refractivity contribution in [3.05, 3.63) is 121 Å². The first-order valence-corrected chi connectivity index (χ1v) is 13.4. The quantitative estimate of drug-likeness (QED) is 0.193. The Morgan fingerprint density at radius 2 is 1.36 bits per heavy atom. The van der Waals surface area contributed by atoms with E-state index in [4.69, 9.17) is 18.9 Å². The van der Waals surface area contributed by atoms with Crippen molar-refractivity contribution in [1.29, 1.82) is 0 Å². The van der Waals surface area contributed by atoms with E-state index in [9.17, 15) is 9.90 Å². The Morgan fingerprint density at radius 1 is 0.810 bits per heavy atom. The maximum Gasteiger partial charge on any atom is 0.309 e. The average molecular weight is 564 g/mol. The SMILES string of the molecule is O=C1C[C@H](O)C[C@@H](/C=C/c2cnc3c(Oc4ccccc4)c(Oc4ccccc4)c(F)cc3c2Oc2ccccc2)O1. The minimum atomic E-state index is -0.787. The van der Waals surface area contributed by atoms with Crippen LogP contribution < -0.4 is 14.2 Å². The van der Waals surface area contributed by atoms with Gasteiger partial charge < -0.3 is 24.1 Å². The molecular weight excluding hydrogens is 537 g/mol. The van der Waals surface area contributed by atoms with Crippen molar-refractivity contribution >= 4 is 22.9 Å². The molecule has 1 saturated heterocycles. The summed E-state index contributed by atoms with van der Waals surface area (Å²) in [6, 6.07) is 28.2. The molecule has 0 saturated carbocycles. The van der Waals surface area contributed by atoms with Crippen LogP contribution in [-0.4, -0.2) is 28.3 Å². The summed E-state index contributed by atoms with van der Waals surface area (Å²) in [6.45, 7) is 0. The van der Waals surface area contributed by atoms with Gasteiger partial charge in [-0.25, -0.2) is 4.39 Å². The number of rotatable bonds is 8. The van der Waals surface area contributed by atoms with Gasteiger partial charge in [0.1, 0.15) is 34.6 Å². The molecule has 6 rings (SSSR count). The fourth-order valence-corrected chi connectivity index (χ4v) is 4.63. The summed E-state index contributed by atoms with van der Waals surface area (Å²) in [5.74, 6) is 0.538. The molecule has 0 bridgehead atoms. The second-order valence-electron chi connectivity index (χ2n) is 9.68. The lowest BCUT2D eigenvalue weighted by atomic mass is 10.0. The van der Waals surface area contributed by atoms with Crippen LogP contribution in [0.15, 0.2) is 109 Å². The first-order valence-electron chi connectivity index (χ1n) is 13.4. The van der Waals surface area contributed by atoms with E-state index in [1.807, 2.05) is 42.5 Å². The van der Waals surface area contributed by atoms with E-state index in [1.54, 1.807) is 66.9 Å². The molecule has 2 atom stereocenters. The van der Waals surface area contributed by atoms with Crippen LogP contribution in [0, 0.1) is 5.82 Å². The van der Waals surface area contributed by atoms with Crippen LogP contribution in [0.4, 0.5) is 4.39 Å². The lowest BCUT2D eigenvalue weighted by Gasteiger charge is -2.23. The van der Waals surface area contributed by atoms with Crippen LogP contribution >= 0.6 is 0 Å². The Bertz CT molecular complexity index is 1730. The average Bonchev–Trinajstić information content (AvgIpc) is 3.00. The van der Waals surface area contributed by atoms with Crippen molar-refractivity contribution in [3.63, 3.8) is 0 Å². The molecule has 4 aromatic carbocycles. The number of cyclic esters (lactones) is 1. The van der Waals surface area contributed by atoms with Gasteiger partial charge in [-0.2, -0.15) is 0 Å². The number of carbonyl (C=O) groups is 1. The van der Waals surface area contributed by atoms with Gasteiger partial charge in [0.05, 0.1) is 17.9 Å². The summed E-state index contributed by atoms with van der Waals surface area (Å²) in [5, 5.41) is 10.4. The molecule has 1 aliphatic rings. The van der Waals surface area contributed by atoms with Gasteiger partial charge in [-0.3, -0.25) is 9.78 Å². The molecule has 0 unspecified atom stereocenters. The summed E-state index contributed by atoms with van der Waals surface area (Å²) in [4.78, 5) is 16.5. The molecule has 1 fully saturated rings. The molecule has 42 heavy (non-hydrogen) atoms. The Kier molecular flexibility index (Phi) is 7.79. The minimum Gasteiger partial charge on any atom is -0.458 e. The highest BCUT2D eigenvalue weighted by Gasteiger charge is 2.26. The van der Waals surface area contributed by atoms with E-state index in [2.05, 4.69) is 4.98 Å². The van der Waals surface area contributed by atoms with Gasteiger partial charge >= 0.3 is 5.97 Å². The van der Waals surface area contributed by atoms with Gasteiger partial charge in [0.25, 0.3) is 0 Å². The highest BCUT2D eigenvalue weighted by molar-refractivity contribution is 5.95. The third kappa shape index (κ3) is 6.09. The van der Waals surface area contributed by atoms with Gasteiger partial charge in [-0.15, -0.1) is 0 Å². The molecule has 2 heterocycles. The Balaban J connectivity index is 1.51. The minimum absolute atomic E-state index is 0.0406. The van der Waals surface area contributed by atoms with Crippen LogP contribution in [0.3, 0.4) is 0 Å². The standard InChI is InChI=1S/C34H26FNO6/c35-29-20-28-31(34(42-26-14-8-3-9-15-26)33(29)41-25-12-6-2-7-13-25)36-21-22(32(28)40-24-10-4-1-5-11-24)16-17-27-18-23(37)19-30(38)39-27/h1-17,20-21,23,27,37H,18-19H2/b17-16+/t23-,27-/m1/s1. The second-order valence-corrected chi connectivity index (χ2v) is 9.68. The number of aromatic nitrogens is 1. The number of para-hydroxylation sites is 3. The predicted molar refractivity (Wildman–Crippen MR) is 155 cm³/mol. The van der Waals surface area contributed by atoms with Crippen molar-refractivity contribution < 1.29 is 33.2 Å². The zero-order valence-corrected chi connectivity index (χ0v) is 22.4. The summed E-state index contributed by atoms with van der Waals surface area (Å²) in [6.07, 6.45) is 3.72. The first kappa shape index (κ1) is 27.0. The lowest BCUT2D eigenvalue weighted by Crippen LogP contribution is -2.31. The molecule has 7 nitrogen and oxygen atoms in total. The van der Waals surface area contributed by atoms with E-state index in [0.29, 0.717) is 39.5 Å². The van der Waals surface area contributed by atoms with Crippen molar-refractivity contribution in [2.75, 3.05) is 0 Å². The monoisotopic (exact) mass is 563 g/mol. The molecule has 0 amide bonds. The van der Waals surface area contributed by atoms with Crippen molar-refractivity contribution in [1.82, 2.24) is 4.98 Å². The van der Waals surface area contributed by atoms with Gasteiger partial charge in [-0.1, -0.05) is 60.7 Å². The number of carbonyl (C=O) groups excluding carboxylic acids is 1. The number of hydrogen-bond donors (Lipinski definition) is 1. The van der Waals surface area contributed by atoms with Crippen LogP contribution in [0.25, 0.3) is 17.0 Å². The van der Waals surface area contributed by atoms with Gasteiger partial charge in [0.2, 0.25) is 5.75 Å². The third-order valence-corrected chi connectivity index (χ3v) is 6.57. The smallest absolute Gasteiger partial charge is 0.309 e. The molecule has 210 valence electrons. The fraction of sp³-hybridized carbons (Fsp3) is 0.118. The van der Waals surface area contributed by atoms with E-state index in [0.717, 1.165) is 0 Å². The third-order valence-electron chi connectivity index (χ3n) is 6.57. The number of halogens is 1. The molecule has 1 N–H and O–H groups in total. The van der Waals surface area contributed by atoms with Gasteiger partial charge in [-0.05, 0) is 48.5 Å². The maximum absolute atomic E-state index is 16.0. The number of ether oxygens (including phenoxy) is 4. The molecule has 0 aliphatic carbocycles. The normalized spacial score (nSPS) is 16.8. The molecular formula is C34H26FNO6. The van der Waals surface area contributed by atoms with Crippen LogP contribution in [0.1, 0.15) is 18.4 Å². The highest BCUT2D eigenvalue weighted by Crippen LogP contribution is 2.46. The van der Waals surface area contributed by atoms with Gasteiger partial charge in [0.15, 0.2) is 11.6 Å². The van der Waals surface area contributed by atoms with Crippen molar-refractivity contribution in [2.24, 2.45) is 0 Å². The zero-order chi connectivity index (χ0) is 28.9. The van der Waals surface area contributed by atoms with Crippen LogP contribution in [-0.2, 0) is 9.53 Å². The van der Waals surface area contributed by atoms with Crippen molar-refractivity contribution in [3.8, 4) is 34.5 Å². The second kappa shape index (κ2) is 12.1. The van der Waals surface area contributed by atoms with Crippen LogP contribution in [0.2, 0.25) is 0 Å². The van der Waals surface area contributed by atoms with Gasteiger partial charge in [0, 0.05) is 18.2 Å². The molecule has 8 heteroatoms. The van der Waals surface area contributed by atoms with E-state index in [1.165, 1.54) is 6.07 Å². The number of hydrogen-bond acceptors (Lipinski definition) is 7. The number of benzene rings is 4. The predicted octanol–water partition coefficient (Wildman–Crippen LogP) is 7.83. The number of fused-ring (bicyclic) bond motifs is 1. The maximum atomic E-state index is 16.0. The number of esters is 1. The summed E-state index contributed by atoms with van der Waals surface area (Å²) < 4.78 is 39.9. The molecule has 0 radical (unpaired) electrons. The number of nitrogens with zero attached hydrogens (tertiary/aromatic N) is 1. The first-order chi connectivity index (χ1) is 20.5. The molecule has 5 aromatic rings. The Labute approximate surface area is 241 Å². The van der Waals surface area contributed by atoms with E-state index in [-0.39, 0.29) is 24.3 Å². The number of aliphatic hydroxyl groups is 1. The highest BCUT2D eigenvalue weighted by atomic mass is 19.1. The summed E-state index contributed by atoms with van der Waals surface area (Å²) >= 11 is 0. The van der Waals surface area contributed by atoms with Crippen molar-refractivity contribution in [2.45, 2.75) is 25.0 Å². The van der Waals surface area contributed by atoms with E-state index >= 15 is 4.39 Å². The molecule has 1 aromatic heterocycles. The lowest BCUT2D eigenvalue weighted by molar-refractivity contribution is -0.156. The molecule has 1 aliphatic heterocycles. The fourth-order valence-electron chi connectivity index (χ4n) is 4.63. The Morgan fingerprint density at radius 3 is 1.93 bits per heavy atom. The summed E-state index contributed by atoms with van der Waals surface area (Å²) in [7, 11) is 0. The van der Waals surface area contributed by atoms with Crippen LogP contribution in [0.5, 0.6) is 34.5 Å². The zero-order valence-electron chi connectivity index (χ0n) is 22.4. The largest absolute Gasteiger partial charge is 0.458 e. The topological polar surface area (TPSA) is 87.1 Å². The number of aliphatic hydroxyl groups excluding tert-OH is 1. The number of pyridine rings is 1. The molecule has 0 spiro atoms. The van der Waals surface area contributed by atoms with E-state index < -0.39 is 24.0 Å². The Hall–Kier alpha value is -5.21. The summed E-state index contributed by atoms with van der Waals surface area (Å²) in [5.41, 5.74) is 0.818.